The summed E-state index contributed by atoms with van der Waals surface area (Å²) in [5.74, 6) is 0. The van der Waals surface area contributed by atoms with Gasteiger partial charge in [0.2, 0.25) is 0 Å². The van der Waals surface area contributed by atoms with Crippen LogP contribution >= 0.6 is 0 Å². The summed E-state index contributed by atoms with van der Waals surface area (Å²) < 4.78 is 0. The quantitative estimate of drug-likeness (QED) is 0.0791. The van der Waals surface area contributed by atoms with E-state index in [9.17, 15) is 0 Å². The molecule has 0 saturated carbocycles. The maximum atomic E-state index is 2.36. The van der Waals surface area contributed by atoms with Gasteiger partial charge in [0, 0.05) is 34.1 Å². The molecule has 13 aromatic carbocycles. The lowest BCUT2D eigenvalue weighted by Gasteiger charge is -2.26. The van der Waals surface area contributed by atoms with Crippen LogP contribution in [0.5, 0.6) is 0 Å². The van der Waals surface area contributed by atoms with Crippen LogP contribution in [0.1, 0.15) is 22.3 Å². The van der Waals surface area contributed by atoms with Crippen LogP contribution in [0.2, 0.25) is 0 Å². The van der Waals surface area contributed by atoms with Crippen molar-refractivity contribution < 1.29 is 0 Å². The zero-order chi connectivity index (χ0) is 53.5. The molecule has 0 bridgehead atoms. The molecule has 0 aromatic heterocycles. The minimum absolute atomic E-state index is 1.09. The number of fused-ring (bicyclic) bond motifs is 2. The second-order valence-corrected chi connectivity index (χ2v) is 20.1. The van der Waals surface area contributed by atoms with Gasteiger partial charge in [-0.25, -0.2) is 0 Å². The van der Waals surface area contributed by atoms with Gasteiger partial charge in [0.1, 0.15) is 0 Å². The minimum atomic E-state index is 1.09. The van der Waals surface area contributed by atoms with E-state index in [0.717, 1.165) is 56.4 Å². The Balaban J connectivity index is 0.804. The van der Waals surface area contributed by atoms with Crippen LogP contribution in [0.15, 0.2) is 315 Å². The molecule has 0 aliphatic heterocycles. The van der Waals surface area contributed by atoms with Crippen molar-refractivity contribution in [2.24, 2.45) is 0 Å². The lowest BCUT2D eigenvalue weighted by atomic mass is 9.85. The van der Waals surface area contributed by atoms with Gasteiger partial charge in [-0.2, -0.15) is 0 Å². The van der Waals surface area contributed by atoms with Crippen molar-refractivity contribution in [1.29, 1.82) is 0 Å². The van der Waals surface area contributed by atoms with Crippen LogP contribution in [0, 0.1) is 0 Å². The summed E-state index contributed by atoms with van der Waals surface area (Å²) in [5, 5.41) is 4.91. The van der Waals surface area contributed by atoms with Gasteiger partial charge in [0.15, 0.2) is 0 Å². The van der Waals surface area contributed by atoms with Gasteiger partial charge < -0.3 is 9.80 Å². The first-order chi connectivity index (χ1) is 39.7. The molecule has 0 radical (unpaired) electrons. The average Bonchev–Trinajstić information content (AvgIpc) is 3.66. The molecular weight excluding hydrogens is 965 g/mol. The topological polar surface area (TPSA) is 6.48 Å². The van der Waals surface area contributed by atoms with Crippen LogP contribution in [-0.4, -0.2) is 0 Å². The van der Waals surface area contributed by atoms with Gasteiger partial charge in [0.25, 0.3) is 0 Å². The van der Waals surface area contributed by atoms with E-state index in [1.807, 2.05) is 12.1 Å². The highest BCUT2D eigenvalue weighted by Crippen LogP contribution is 2.46. The summed E-state index contributed by atoms with van der Waals surface area (Å²) >= 11 is 0. The summed E-state index contributed by atoms with van der Waals surface area (Å²) in [6.07, 6.45) is 8.65. The number of para-hydroxylation sites is 2. The first-order valence-corrected chi connectivity index (χ1v) is 27.4. The Labute approximate surface area is 469 Å². The Hall–Kier alpha value is -10.5. The molecule has 0 heterocycles. The second-order valence-electron chi connectivity index (χ2n) is 20.1. The van der Waals surface area contributed by atoms with Crippen LogP contribution < -0.4 is 9.80 Å². The molecule has 0 spiro atoms. The van der Waals surface area contributed by atoms with E-state index in [-0.39, 0.29) is 0 Å². The molecule has 0 atom stereocenters. The SMILES string of the molecule is C(=Cc1ccc(N(c2ccccc2)c2ccc(-c3cccc(-c4c5ccccc5c(-c5cccc(-c6ccc(N(c7ccccc7)c7ccc(C=Cc8ccccc8)cc7)cc6)c5)c5ccccc45)c3)cc2)cc1)c1ccccc1. The molecule has 13 aromatic rings. The van der Waals surface area contributed by atoms with Crippen molar-refractivity contribution in [2.75, 3.05) is 9.80 Å². The summed E-state index contributed by atoms with van der Waals surface area (Å²) in [5.41, 5.74) is 20.8. The van der Waals surface area contributed by atoms with E-state index in [2.05, 4.69) is 337 Å². The van der Waals surface area contributed by atoms with Crippen molar-refractivity contribution in [3.05, 3.63) is 338 Å². The van der Waals surface area contributed by atoms with Crippen molar-refractivity contribution in [2.45, 2.75) is 0 Å². The predicted octanol–water partition coefficient (Wildman–Crippen LogP) is 21.9. The monoisotopic (exact) mass is 1020 g/mol. The normalized spacial score (nSPS) is 11.4. The Kier molecular flexibility index (Phi) is 13.8. The zero-order valence-electron chi connectivity index (χ0n) is 44.2. The molecule has 80 heavy (non-hydrogen) atoms. The zero-order valence-corrected chi connectivity index (χ0v) is 44.2. The molecule has 0 unspecified atom stereocenters. The van der Waals surface area contributed by atoms with Gasteiger partial charge >= 0.3 is 0 Å². The third-order valence-corrected chi connectivity index (χ3v) is 15.0. The molecule has 13 rings (SSSR count). The number of nitrogens with zero attached hydrogens (tertiary/aromatic N) is 2. The first kappa shape index (κ1) is 49.1. The molecule has 0 amide bonds. The average molecular weight is 1020 g/mol. The summed E-state index contributed by atoms with van der Waals surface area (Å²) in [4.78, 5) is 4.65. The maximum absolute atomic E-state index is 2.36. The molecule has 0 saturated heterocycles. The van der Waals surface area contributed by atoms with Crippen LogP contribution in [-0.2, 0) is 0 Å². The summed E-state index contributed by atoms with van der Waals surface area (Å²) in [6, 6.07) is 114. The second kappa shape index (κ2) is 22.6. The molecule has 2 nitrogen and oxygen atoms in total. The Bertz CT molecular complexity index is 3940. The first-order valence-electron chi connectivity index (χ1n) is 27.4. The van der Waals surface area contributed by atoms with Gasteiger partial charge in [-0.1, -0.05) is 255 Å². The number of rotatable bonds is 14. The van der Waals surface area contributed by atoms with Gasteiger partial charge in [-0.05, 0) is 173 Å². The molecule has 0 aliphatic rings. The Morgan fingerprint density at radius 1 is 0.175 bits per heavy atom. The highest BCUT2D eigenvalue weighted by Gasteiger charge is 2.19. The van der Waals surface area contributed by atoms with Crippen LogP contribution in [0.25, 0.3) is 90.4 Å². The number of benzene rings is 13. The molecule has 2 heteroatoms. The smallest absolute Gasteiger partial charge is 0.0462 e. The number of hydrogen-bond acceptors (Lipinski definition) is 2. The van der Waals surface area contributed by atoms with Crippen LogP contribution in [0.4, 0.5) is 34.1 Å². The molecule has 0 N–H and O–H groups in total. The van der Waals surface area contributed by atoms with Gasteiger partial charge in [0.05, 0.1) is 0 Å². The standard InChI is InChI=1S/C78H56N2/c1-5-19-57(20-6-1)35-37-59-39-47-69(48-40-59)79(67-27-9-3-10-28-67)71-51-43-61(44-52-71)63-23-17-25-65(55-63)77-73-31-13-15-33-75(73)78(76-34-16-14-32-74(76)77)66-26-18-24-64(56-66)62-45-53-72(54-46-62)80(68-29-11-4-12-30-68)70-49-41-60(42-50-70)38-36-58-21-7-2-8-22-58/h1-56H. The molecular formula is C78H56N2. The van der Waals surface area contributed by atoms with E-state index in [0.29, 0.717) is 0 Å². The third kappa shape index (κ3) is 10.4. The van der Waals surface area contributed by atoms with E-state index in [1.165, 1.54) is 66.1 Å². The fourth-order valence-corrected chi connectivity index (χ4v) is 11.1. The Morgan fingerprint density at radius 2 is 0.425 bits per heavy atom. The summed E-state index contributed by atoms with van der Waals surface area (Å²) in [7, 11) is 0. The molecule has 0 aliphatic carbocycles. The maximum Gasteiger partial charge on any atom is 0.0462 e. The van der Waals surface area contributed by atoms with E-state index >= 15 is 0 Å². The molecule has 0 fully saturated rings. The largest absolute Gasteiger partial charge is 0.311 e. The van der Waals surface area contributed by atoms with Crippen molar-refractivity contribution in [3.8, 4) is 44.5 Å². The van der Waals surface area contributed by atoms with Gasteiger partial charge in [-0.15, -0.1) is 0 Å². The lowest BCUT2D eigenvalue weighted by molar-refractivity contribution is 1.28. The number of anilines is 6. The van der Waals surface area contributed by atoms with Crippen molar-refractivity contribution >= 4 is 80.0 Å². The molecule has 378 valence electrons. The fraction of sp³-hybridized carbons (Fsp3) is 0. The van der Waals surface area contributed by atoms with Crippen molar-refractivity contribution in [1.82, 2.24) is 0 Å². The third-order valence-electron chi connectivity index (χ3n) is 15.0. The fourth-order valence-electron chi connectivity index (χ4n) is 11.1. The van der Waals surface area contributed by atoms with E-state index in [1.54, 1.807) is 0 Å². The van der Waals surface area contributed by atoms with Crippen molar-refractivity contribution in [3.63, 3.8) is 0 Å². The van der Waals surface area contributed by atoms with E-state index < -0.39 is 0 Å². The van der Waals surface area contributed by atoms with Gasteiger partial charge in [-0.3, -0.25) is 0 Å². The van der Waals surface area contributed by atoms with Crippen LogP contribution in [0.3, 0.4) is 0 Å². The Morgan fingerprint density at radius 3 is 0.750 bits per heavy atom. The predicted molar refractivity (Wildman–Crippen MR) is 343 cm³/mol. The lowest BCUT2D eigenvalue weighted by Crippen LogP contribution is -2.09. The highest BCUT2D eigenvalue weighted by atomic mass is 15.1. The number of hydrogen-bond donors (Lipinski definition) is 0. The highest BCUT2D eigenvalue weighted by molar-refractivity contribution is 6.21. The summed E-state index contributed by atoms with van der Waals surface area (Å²) in [6.45, 7) is 0. The van der Waals surface area contributed by atoms with E-state index in [4.69, 9.17) is 0 Å². The minimum Gasteiger partial charge on any atom is -0.311 e.